The largest absolute Gasteiger partial charge is 0.471 e. The first-order chi connectivity index (χ1) is 26.7. The highest BCUT2D eigenvalue weighted by atomic mass is 32.2. The normalized spacial score (nSPS) is 32.5. The van der Waals surface area contributed by atoms with Crippen LogP contribution in [0.25, 0.3) is 11.0 Å². The van der Waals surface area contributed by atoms with Gasteiger partial charge in [-0.05, 0) is 81.3 Å². The van der Waals surface area contributed by atoms with Crippen molar-refractivity contribution in [1.82, 2.24) is 19.6 Å². The van der Waals surface area contributed by atoms with Crippen LogP contribution in [-0.4, -0.2) is 76.4 Å². The second-order valence-electron chi connectivity index (χ2n) is 18.6. The molecule has 2 bridgehead atoms. The van der Waals surface area contributed by atoms with Gasteiger partial charge in [-0.2, -0.15) is 8.78 Å². The average molecular weight is 815 g/mol. The van der Waals surface area contributed by atoms with Crippen molar-refractivity contribution in [1.29, 1.82) is 0 Å². The average Bonchev–Trinajstić information content (AvgIpc) is 4.10. The molecule has 57 heavy (non-hydrogen) atoms. The molecule has 7 rings (SSSR count). The SMILES string of the molecule is CC[C@@H]1[C@@H]2CN(C(=O)[C@H](C(C)(C)C)CC(=O)O[C@@H]3C[C@H]3CCCCC(F)(F)c3nc4ccccc4nc3O2)[C@@H]1C(=O)C[C@]1(C(=O)NS(=O)(=O)C2(C)CC2)C[C@H]1CC. The summed E-state index contributed by atoms with van der Waals surface area (Å²) in [5.41, 5.74) is -2.05. The number of amides is 2. The lowest BCUT2D eigenvalue weighted by Gasteiger charge is -2.35. The Bertz CT molecular complexity index is 2050. The van der Waals surface area contributed by atoms with Crippen LogP contribution in [0.15, 0.2) is 24.3 Å². The number of Topliss-reactive ketones (excluding diaryl/α,β-unsaturated/α-hetero) is 1. The second-order valence-corrected chi connectivity index (χ2v) is 20.8. The van der Waals surface area contributed by atoms with Gasteiger partial charge in [-0.3, -0.25) is 23.9 Å². The molecule has 1 saturated heterocycles. The summed E-state index contributed by atoms with van der Waals surface area (Å²) < 4.78 is 72.4. The van der Waals surface area contributed by atoms with Crippen LogP contribution < -0.4 is 9.46 Å². The number of rotatable bonds is 8. The molecule has 4 fully saturated rings. The van der Waals surface area contributed by atoms with E-state index in [1.165, 1.54) is 4.90 Å². The first-order valence-corrected chi connectivity index (χ1v) is 22.1. The van der Waals surface area contributed by atoms with Gasteiger partial charge in [-0.25, -0.2) is 18.4 Å². The molecule has 2 aromatic rings. The molecule has 2 amide bonds. The molecule has 3 aliphatic carbocycles. The number of fused-ring (bicyclic) bond motifs is 5. The molecule has 5 aliphatic rings. The van der Waals surface area contributed by atoms with Crippen molar-refractivity contribution in [3.63, 3.8) is 0 Å². The molecule has 15 heteroatoms. The van der Waals surface area contributed by atoms with E-state index in [0.717, 1.165) is 0 Å². The lowest BCUT2D eigenvalue weighted by atomic mass is 9.77. The van der Waals surface area contributed by atoms with Crippen molar-refractivity contribution in [2.24, 2.45) is 34.5 Å². The Morgan fingerprint density at radius 3 is 2.28 bits per heavy atom. The van der Waals surface area contributed by atoms with Gasteiger partial charge < -0.3 is 14.4 Å². The number of ether oxygens (including phenoxy) is 2. The van der Waals surface area contributed by atoms with E-state index >= 15 is 8.78 Å². The van der Waals surface area contributed by atoms with E-state index in [1.54, 1.807) is 31.2 Å². The maximum absolute atomic E-state index is 16.3. The third-order valence-corrected chi connectivity index (χ3v) is 15.7. The van der Waals surface area contributed by atoms with Crippen LogP contribution in [0.1, 0.15) is 124 Å². The van der Waals surface area contributed by atoms with E-state index in [4.69, 9.17) is 9.47 Å². The fourth-order valence-electron chi connectivity index (χ4n) is 9.16. The number of ketones is 1. The zero-order valence-electron chi connectivity index (χ0n) is 33.8. The quantitative estimate of drug-likeness (QED) is 0.286. The lowest BCUT2D eigenvalue weighted by Crippen LogP contribution is -2.50. The van der Waals surface area contributed by atoms with Crippen LogP contribution >= 0.6 is 0 Å². The Morgan fingerprint density at radius 2 is 1.67 bits per heavy atom. The van der Waals surface area contributed by atoms with Crippen molar-refractivity contribution < 1.29 is 45.9 Å². The molecule has 1 N–H and O–H groups in total. The first kappa shape index (κ1) is 41.4. The summed E-state index contributed by atoms with van der Waals surface area (Å²) in [5.74, 6) is -7.86. The van der Waals surface area contributed by atoms with Crippen LogP contribution in [0.3, 0.4) is 0 Å². The number of nitrogens with zero attached hydrogens (tertiary/aromatic N) is 3. The molecule has 1 aromatic heterocycles. The standard InChI is InChI=1S/C42H56F2N4O8S/c1-7-25-21-41(25,38(52)47-57(53,54)40(6)17-18-40)22-30(49)34-26(8-2)32-23-48(34)37(51)27(39(3,4)5)20-33(50)55-31-19-24(31)13-11-12-16-42(43,44)35-36(56-32)46-29-15-10-9-14-28(29)45-35/h9-10,14-15,24-27,31-32,34H,7-8,11-13,16-23H2,1-6H3,(H,47,52)/t24-,25-,26-,27-,31-,32+,34+,41-/m1/s1. The smallest absolute Gasteiger partial charge is 0.306 e. The summed E-state index contributed by atoms with van der Waals surface area (Å²) >= 11 is 0. The zero-order chi connectivity index (χ0) is 41.3. The number of benzene rings is 1. The number of alkyl halides is 2. The van der Waals surface area contributed by atoms with Crippen LogP contribution in [0, 0.1) is 34.5 Å². The number of para-hydroxylation sites is 2. The molecular formula is C42H56F2N4O8S. The zero-order valence-corrected chi connectivity index (χ0v) is 34.6. The van der Waals surface area contributed by atoms with E-state index < -0.39 is 91.2 Å². The number of halogens is 2. The monoisotopic (exact) mass is 814 g/mol. The maximum atomic E-state index is 16.3. The van der Waals surface area contributed by atoms with E-state index in [-0.39, 0.29) is 61.6 Å². The summed E-state index contributed by atoms with van der Waals surface area (Å²) in [4.78, 5) is 67.5. The number of nitrogens with one attached hydrogen (secondary N) is 1. The highest BCUT2D eigenvalue weighted by Gasteiger charge is 2.63. The van der Waals surface area contributed by atoms with Gasteiger partial charge in [0.1, 0.15) is 12.2 Å². The third-order valence-electron chi connectivity index (χ3n) is 13.5. The summed E-state index contributed by atoms with van der Waals surface area (Å²) in [6.45, 7) is 10.6. The summed E-state index contributed by atoms with van der Waals surface area (Å²) in [6.07, 6.45) is 1.51. The minimum atomic E-state index is -3.99. The van der Waals surface area contributed by atoms with Gasteiger partial charge in [-0.15, -0.1) is 0 Å². The van der Waals surface area contributed by atoms with Crippen LogP contribution in [0.4, 0.5) is 8.78 Å². The third kappa shape index (κ3) is 8.02. The van der Waals surface area contributed by atoms with Gasteiger partial charge in [0, 0.05) is 18.8 Å². The molecule has 0 radical (unpaired) electrons. The highest BCUT2D eigenvalue weighted by molar-refractivity contribution is 7.91. The molecule has 1 aromatic carbocycles. The summed E-state index contributed by atoms with van der Waals surface area (Å²) in [5, 5.41) is 0. The van der Waals surface area contributed by atoms with Gasteiger partial charge in [0.05, 0.1) is 46.1 Å². The van der Waals surface area contributed by atoms with Gasteiger partial charge in [0.15, 0.2) is 11.5 Å². The van der Waals surface area contributed by atoms with Crippen LogP contribution in [0.5, 0.6) is 5.88 Å². The van der Waals surface area contributed by atoms with Crippen molar-refractivity contribution >= 4 is 44.6 Å². The highest BCUT2D eigenvalue weighted by Crippen LogP contribution is 2.58. The van der Waals surface area contributed by atoms with E-state index in [9.17, 15) is 27.6 Å². The van der Waals surface area contributed by atoms with Gasteiger partial charge in [-0.1, -0.05) is 59.6 Å². The maximum Gasteiger partial charge on any atom is 0.306 e. The Balaban J connectivity index is 1.28. The van der Waals surface area contributed by atoms with E-state index in [2.05, 4.69) is 14.7 Å². The number of sulfonamides is 1. The number of carbonyl (C=O) groups is 4. The predicted molar refractivity (Wildman–Crippen MR) is 206 cm³/mol. The van der Waals surface area contributed by atoms with E-state index in [1.807, 2.05) is 34.6 Å². The Labute approximate surface area is 333 Å². The number of esters is 1. The molecular weight excluding hydrogens is 759 g/mol. The molecule has 3 saturated carbocycles. The number of aromatic nitrogens is 2. The van der Waals surface area contributed by atoms with Crippen molar-refractivity contribution in [3.05, 3.63) is 30.0 Å². The predicted octanol–water partition coefficient (Wildman–Crippen LogP) is 6.64. The Hall–Kier alpha value is -3.75. The van der Waals surface area contributed by atoms with Crippen LogP contribution in [0.2, 0.25) is 0 Å². The minimum Gasteiger partial charge on any atom is -0.471 e. The van der Waals surface area contributed by atoms with Gasteiger partial charge in [0.25, 0.3) is 5.92 Å². The lowest BCUT2D eigenvalue weighted by molar-refractivity contribution is -0.154. The minimum absolute atomic E-state index is 0.0530. The van der Waals surface area contributed by atoms with Gasteiger partial charge >= 0.3 is 5.97 Å². The molecule has 0 spiro atoms. The molecule has 3 heterocycles. The number of hydrogen-bond donors (Lipinski definition) is 1. The Morgan fingerprint density at radius 1 is 0.982 bits per heavy atom. The number of carbonyl (C=O) groups excluding carboxylic acids is 4. The summed E-state index contributed by atoms with van der Waals surface area (Å²) in [6, 6.07) is 5.50. The number of hydrogen-bond acceptors (Lipinski definition) is 10. The second kappa shape index (κ2) is 14.8. The summed E-state index contributed by atoms with van der Waals surface area (Å²) in [7, 11) is -3.99. The fourth-order valence-corrected chi connectivity index (χ4v) is 10.5. The Kier molecular flexibility index (Phi) is 10.8. The molecule has 0 unspecified atom stereocenters. The van der Waals surface area contributed by atoms with Gasteiger partial charge in [0.2, 0.25) is 27.7 Å². The van der Waals surface area contributed by atoms with Crippen LogP contribution in [-0.2, 0) is 39.9 Å². The molecule has 12 nitrogen and oxygen atoms in total. The molecule has 2 aliphatic heterocycles. The topological polar surface area (TPSA) is 162 Å². The molecule has 8 atom stereocenters. The van der Waals surface area contributed by atoms with Crippen molar-refractivity contribution in [2.45, 2.75) is 148 Å². The fraction of sp³-hybridized carbons (Fsp3) is 0.714. The van der Waals surface area contributed by atoms with E-state index in [0.29, 0.717) is 50.5 Å². The first-order valence-electron chi connectivity index (χ1n) is 20.6. The van der Waals surface area contributed by atoms with Crippen molar-refractivity contribution in [2.75, 3.05) is 6.54 Å². The molecule has 312 valence electrons. The van der Waals surface area contributed by atoms with Crippen molar-refractivity contribution in [3.8, 4) is 5.88 Å².